The highest BCUT2D eigenvalue weighted by molar-refractivity contribution is 5.97. The summed E-state index contributed by atoms with van der Waals surface area (Å²) in [6.45, 7) is 0.347. The molecule has 1 unspecified atom stereocenters. The van der Waals surface area contributed by atoms with Gasteiger partial charge < -0.3 is 24.2 Å². The maximum atomic E-state index is 12.0. The average molecular weight is 368 g/mol. The van der Waals surface area contributed by atoms with Crippen molar-refractivity contribution in [2.75, 3.05) is 13.7 Å². The van der Waals surface area contributed by atoms with Gasteiger partial charge in [0.25, 0.3) is 0 Å². The standard InChI is InChI=1S/C20H20N2O5/c1-25-17(23)11-27-16-6-2-5-14-19(16)18-13(20(21)24)7-8-15(18)22(14)10-12-4-3-9-26-12/h2-6,9,13H,7-8,10-11H2,1H3,(H2,21,24). The second-order valence-electron chi connectivity index (χ2n) is 6.53. The second kappa shape index (κ2) is 6.83. The van der Waals surface area contributed by atoms with Gasteiger partial charge in [-0.05, 0) is 42.7 Å². The van der Waals surface area contributed by atoms with Gasteiger partial charge in [-0.2, -0.15) is 0 Å². The molecule has 7 heteroatoms. The van der Waals surface area contributed by atoms with Gasteiger partial charge in [-0.1, -0.05) is 6.07 Å². The molecule has 0 bridgehead atoms. The summed E-state index contributed by atoms with van der Waals surface area (Å²) in [7, 11) is 1.31. The van der Waals surface area contributed by atoms with Crippen molar-refractivity contribution in [1.82, 2.24) is 4.57 Å². The molecular weight excluding hydrogens is 348 g/mol. The molecule has 3 aromatic rings. The van der Waals surface area contributed by atoms with E-state index in [9.17, 15) is 9.59 Å². The van der Waals surface area contributed by atoms with Crippen molar-refractivity contribution in [3.8, 4) is 5.75 Å². The van der Waals surface area contributed by atoms with E-state index in [0.29, 0.717) is 18.7 Å². The van der Waals surface area contributed by atoms with Gasteiger partial charge in [0.15, 0.2) is 6.61 Å². The third-order valence-electron chi connectivity index (χ3n) is 5.03. The molecule has 0 fully saturated rings. The van der Waals surface area contributed by atoms with E-state index in [0.717, 1.165) is 34.3 Å². The van der Waals surface area contributed by atoms with Crippen LogP contribution < -0.4 is 10.5 Å². The van der Waals surface area contributed by atoms with E-state index in [4.69, 9.17) is 14.9 Å². The smallest absolute Gasteiger partial charge is 0.343 e. The van der Waals surface area contributed by atoms with Gasteiger partial charge in [0.1, 0.15) is 11.5 Å². The zero-order valence-electron chi connectivity index (χ0n) is 14.9. The average Bonchev–Trinajstić information content (AvgIpc) is 3.38. The molecule has 1 aliphatic rings. The minimum absolute atomic E-state index is 0.199. The highest BCUT2D eigenvalue weighted by atomic mass is 16.6. The minimum Gasteiger partial charge on any atom is -0.481 e. The molecule has 7 nitrogen and oxygen atoms in total. The number of ether oxygens (including phenoxy) is 2. The summed E-state index contributed by atoms with van der Waals surface area (Å²) in [5, 5.41) is 0.823. The SMILES string of the molecule is COC(=O)COc1cccc2c1c1c(n2Cc2ccco2)CCC1C(N)=O. The summed E-state index contributed by atoms with van der Waals surface area (Å²) in [6, 6.07) is 9.38. The van der Waals surface area contributed by atoms with Crippen LogP contribution in [-0.4, -0.2) is 30.2 Å². The van der Waals surface area contributed by atoms with E-state index in [2.05, 4.69) is 9.30 Å². The second-order valence-corrected chi connectivity index (χ2v) is 6.53. The van der Waals surface area contributed by atoms with E-state index in [1.807, 2.05) is 24.3 Å². The Labute approximate surface area is 155 Å². The number of hydrogen-bond donors (Lipinski definition) is 1. The van der Waals surface area contributed by atoms with Crippen LogP contribution in [0.15, 0.2) is 41.0 Å². The molecule has 2 heterocycles. The molecule has 0 radical (unpaired) electrons. The Morgan fingerprint density at radius 1 is 1.30 bits per heavy atom. The molecule has 2 N–H and O–H groups in total. The van der Waals surface area contributed by atoms with Gasteiger partial charge in [0.2, 0.25) is 5.91 Å². The van der Waals surface area contributed by atoms with Crippen LogP contribution in [0, 0.1) is 0 Å². The number of rotatable bonds is 6. The summed E-state index contributed by atoms with van der Waals surface area (Å²) in [5.74, 6) is 0.167. The fourth-order valence-electron chi connectivity index (χ4n) is 3.86. The molecule has 1 aromatic carbocycles. The number of aromatic nitrogens is 1. The van der Waals surface area contributed by atoms with Crippen LogP contribution in [0.5, 0.6) is 5.75 Å². The third-order valence-corrected chi connectivity index (χ3v) is 5.03. The maximum Gasteiger partial charge on any atom is 0.343 e. The molecule has 2 aromatic heterocycles. The Morgan fingerprint density at radius 2 is 2.15 bits per heavy atom. The summed E-state index contributed by atoms with van der Waals surface area (Å²) in [5.41, 5.74) is 8.53. The van der Waals surface area contributed by atoms with Crippen molar-refractivity contribution in [2.45, 2.75) is 25.3 Å². The fraction of sp³-hybridized carbons (Fsp3) is 0.300. The molecule has 0 saturated carbocycles. The number of esters is 1. The number of carbonyl (C=O) groups excluding carboxylic acids is 2. The Morgan fingerprint density at radius 3 is 2.85 bits per heavy atom. The van der Waals surface area contributed by atoms with Gasteiger partial charge in [0, 0.05) is 11.1 Å². The molecule has 1 aliphatic carbocycles. The molecule has 0 spiro atoms. The summed E-state index contributed by atoms with van der Waals surface area (Å²) >= 11 is 0. The van der Waals surface area contributed by atoms with Crippen molar-refractivity contribution >= 4 is 22.8 Å². The van der Waals surface area contributed by atoms with E-state index in [1.165, 1.54) is 7.11 Å². The van der Waals surface area contributed by atoms with E-state index in [1.54, 1.807) is 12.3 Å². The summed E-state index contributed by atoms with van der Waals surface area (Å²) < 4.78 is 18.0. The molecule has 4 rings (SSSR count). The zero-order valence-corrected chi connectivity index (χ0v) is 14.9. The first-order valence-corrected chi connectivity index (χ1v) is 8.75. The Hall–Kier alpha value is -3.22. The number of carbonyl (C=O) groups is 2. The quantitative estimate of drug-likeness (QED) is 0.674. The lowest BCUT2D eigenvalue weighted by Gasteiger charge is -2.11. The first-order valence-electron chi connectivity index (χ1n) is 8.75. The summed E-state index contributed by atoms with van der Waals surface area (Å²) in [6.07, 6.45) is 3.05. The van der Waals surface area contributed by atoms with Crippen molar-refractivity contribution in [3.05, 3.63) is 53.6 Å². The van der Waals surface area contributed by atoms with Crippen LogP contribution in [-0.2, 0) is 27.3 Å². The van der Waals surface area contributed by atoms with Crippen molar-refractivity contribution in [3.63, 3.8) is 0 Å². The molecule has 1 amide bonds. The zero-order chi connectivity index (χ0) is 19.0. The van der Waals surface area contributed by atoms with Crippen molar-refractivity contribution < 1.29 is 23.5 Å². The van der Waals surface area contributed by atoms with E-state index < -0.39 is 5.97 Å². The predicted molar refractivity (Wildman–Crippen MR) is 97.5 cm³/mol. The number of nitrogens with two attached hydrogens (primary N) is 1. The molecule has 1 atom stereocenters. The van der Waals surface area contributed by atoms with Crippen LogP contribution in [0.2, 0.25) is 0 Å². The first kappa shape index (κ1) is 17.2. The monoisotopic (exact) mass is 368 g/mol. The van der Waals surface area contributed by atoms with Gasteiger partial charge >= 0.3 is 5.97 Å². The van der Waals surface area contributed by atoms with Crippen molar-refractivity contribution in [2.24, 2.45) is 5.73 Å². The number of primary amides is 1. The molecular formula is C20H20N2O5. The third kappa shape index (κ3) is 2.95. The van der Waals surface area contributed by atoms with Crippen LogP contribution in [0.1, 0.15) is 29.4 Å². The van der Waals surface area contributed by atoms with Crippen LogP contribution >= 0.6 is 0 Å². The van der Waals surface area contributed by atoms with Crippen LogP contribution in [0.4, 0.5) is 0 Å². The Balaban J connectivity index is 1.86. The van der Waals surface area contributed by atoms with Crippen LogP contribution in [0.25, 0.3) is 10.9 Å². The highest BCUT2D eigenvalue weighted by Gasteiger charge is 2.34. The van der Waals surface area contributed by atoms with Gasteiger partial charge in [-0.25, -0.2) is 4.79 Å². The minimum atomic E-state index is -0.467. The number of nitrogens with zero attached hydrogens (tertiary/aromatic N) is 1. The van der Waals surface area contributed by atoms with Gasteiger partial charge in [0.05, 0.1) is 31.4 Å². The van der Waals surface area contributed by atoms with Crippen LogP contribution in [0.3, 0.4) is 0 Å². The lowest BCUT2D eigenvalue weighted by atomic mass is 9.99. The normalized spacial score (nSPS) is 15.7. The molecule has 0 aliphatic heterocycles. The number of hydrogen-bond acceptors (Lipinski definition) is 5. The molecule has 0 saturated heterocycles. The lowest BCUT2D eigenvalue weighted by Crippen LogP contribution is -2.19. The maximum absolute atomic E-state index is 12.0. The van der Waals surface area contributed by atoms with Crippen molar-refractivity contribution in [1.29, 1.82) is 0 Å². The van der Waals surface area contributed by atoms with E-state index in [-0.39, 0.29) is 18.4 Å². The van der Waals surface area contributed by atoms with Gasteiger partial charge in [-0.15, -0.1) is 0 Å². The highest BCUT2D eigenvalue weighted by Crippen LogP contribution is 2.44. The fourth-order valence-corrected chi connectivity index (χ4v) is 3.86. The number of fused-ring (bicyclic) bond motifs is 3. The summed E-state index contributed by atoms with van der Waals surface area (Å²) in [4.78, 5) is 23.5. The first-order chi connectivity index (χ1) is 13.1. The number of furan rings is 1. The number of benzene rings is 1. The topological polar surface area (TPSA) is 96.7 Å². The Bertz CT molecular complexity index is 1000. The molecule has 27 heavy (non-hydrogen) atoms. The Kier molecular flexibility index (Phi) is 4.35. The number of amides is 1. The number of methoxy groups -OCH3 is 1. The predicted octanol–water partition coefficient (Wildman–Crippen LogP) is 2.35. The van der Waals surface area contributed by atoms with Gasteiger partial charge in [-0.3, -0.25) is 4.79 Å². The lowest BCUT2D eigenvalue weighted by molar-refractivity contribution is -0.142. The molecule has 140 valence electrons. The van der Waals surface area contributed by atoms with E-state index >= 15 is 0 Å². The largest absolute Gasteiger partial charge is 0.481 e.